The van der Waals surface area contributed by atoms with Crippen molar-refractivity contribution in [2.24, 2.45) is 0 Å². The molecule has 1 aromatic heterocycles. The van der Waals surface area contributed by atoms with Gasteiger partial charge in [-0.3, -0.25) is 4.68 Å². The maximum atomic E-state index is 4.68. The number of fused-ring (bicyclic) bond motifs is 1. The fraction of sp³-hybridized carbons (Fsp3) is 0.471. The Labute approximate surface area is 131 Å². The number of aromatic nitrogens is 2. The summed E-state index contributed by atoms with van der Waals surface area (Å²) in [4.78, 5) is 1.44. The van der Waals surface area contributed by atoms with Gasteiger partial charge < -0.3 is 5.32 Å². The molecule has 4 heteroatoms. The van der Waals surface area contributed by atoms with Crippen LogP contribution in [0.5, 0.6) is 0 Å². The topological polar surface area (TPSA) is 29.9 Å². The molecule has 1 N–H and O–H groups in total. The van der Waals surface area contributed by atoms with Crippen molar-refractivity contribution in [3.8, 4) is 0 Å². The third kappa shape index (κ3) is 3.50. The van der Waals surface area contributed by atoms with Crippen LogP contribution in [-0.4, -0.2) is 21.6 Å². The number of benzene rings is 1. The van der Waals surface area contributed by atoms with E-state index in [0.717, 1.165) is 31.7 Å². The van der Waals surface area contributed by atoms with E-state index in [9.17, 15) is 0 Å². The van der Waals surface area contributed by atoms with Crippen LogP contribution in [0.25, 0.3) is 0 Å². The normalized spacial score (nSPS) is 17.1. The summed E-state index contributed by atoms with van der Waals surface area (Å²) >= 11 is 1.99. The summed E-state index contributed by atoms with van der Waals surface area (Å²) in [5.74, 6) is 0. The van der Waals surface area contributed by atoms with Gasteiger partial charge >= 0.3 is 0 Å². The predicted molar refractivity (Wildman–Crippen MR) is 88.8 cm³/mol. The van der Waals surface area contributed by atoms with Crippen molar-refractivity contribution >= 4 is 11.8 Å². The van der Waals surface area contributed by atoms with E-state index in [0.29, 0.717) is 5.25 Å². The summed E-state index contributed by atoms with van der Waals surface area (Å²) in [7, 11) is 0. The zero-order chi connectivity index (χ0) is 14.7. The predicted octanol–water partition coefficient (Wildman–Crippen LogP) is 3.41. The highest BCUT2D eigenvalue weighted by Crippen LogP contribution is 2.37. The van der Waals surface area contributed by atoms with E-state index < -0.39 is 0 Å². The smallest absolute Gasteiger partial charge is 0.0638 e. The van der Waals surface area contributed by atoms with Crippen LogP contribution in [0.2, 0.25) is 0 Å². The van der Waals surface area contributed by atoms with Crippen molar-refractivity contribution in [3.05, 3.63) is 47.3 Å². The Morgan fingerprint density at radius 2 is 2.24 bits per heavy atom. The largest absolute Gasteiger partial charge is 0.313 e. The van der Waals surface area contributed by atoms with Gasteiger partial charge in [0, 0.05) is 28.5 Å². The molecule has 0 amide bonds. The van der Waals surface area contributed by atoms with Crippen LogP contribution in [0.1, 0.15) is 30.2 Å². The molecule has 0 bridgehead atoms. The lowest BCUT2D eigenvalue weighted by molar-refractivity contribution is 0.590. The fourth-order valence-corrected chi connectivity index (χ4v) is 4.10. The van der Waals surface area contributed by atoms with Crippen molar-refractivity contribution in [2.75, 3.05) is 6.54 Å². The Bertz CT molecular complexity index is 581. The molecule has 112 valence electrons. The lowest BCUT2D eigenvalue weighted by atomic mass is 10.1. The van der Waals surface area contributed by atoms with Crippen molar-refractivity contribution < 1.29 is 0 Å². The third-order valence-corrected chi connectivity index (χ3v) is 5.20. The molecule has 0 radical (unpaired) electrons. The summed E-state index contributed by atoms with van der Waals surface area (Å²) in [6.45, 7) is 7.29. The van der Waals surface area contributed by atoms with Gasteiger partial charge in [0.15, 0.2) is 0 Å². The van der Waals surface area contributed by atoms with Crippen LogP contribution in [0.15, 0.2) is 35.4 Å². The Hall–Kier alpha value is -1.26. The van der Waals surface area contributed by atoms with Crippen molar-refractivity contribution in [1.29, 1.82) is 0 Å². The maximum Gasteiger partial charge on any atom is 0.0638 e. The number of aryl methyl sites for hydroxylation is 1. The molecule has 3 nitrogen and oxygen atoms in total. The van der Waals surface area contributed by atoms with Gasteiger partial charge in [0.25, 0.3) is 0 Å². The molecule has 1 aromatic carbocycles. The van der Waals surface area contributed by atoms with Gasteiger partial charge in [-0.25, -0.2) is 0 Å². The van der Waals surface area contributed by atoms with Crippen LogP contribution in [-0.2, 0) is 19.5 Å². The van der Waals surface area contributed by atoms with Crippen LogP contribution < -0.4 is 5.32 Å². The summed E-state index contributed by atoms with van der Waals surface area (Å²) < 4.78 is 2.13. The van der Waals surface area contributed by atoms with E-state index in [1.54, 1.807) is 0 Å². The SMILES string of the molecule is CCCNCc1cn(CC2Cc3ccccc3S2)nc1C. The average molecular weight is 301 g/mol. The van der Waals surface area contributed by atoms with Gasteiger partial charge in [0.05, 0.1) is 12.2 Å². The zero-order valence-corrected chi connectivity index (χ0v) is 13.6. The second-order valence-electron chi connectivity index (χ2n) is 5.69. The highest BCUT2D eigenvalue weighted by Gasteiger charge is 2.22. The van der Waals surface area contributed by atoms with Crippen LogP contribution in [0, 0.1) is 6.92 Å². The fourth-order valence-electron chi connectivity index (χ4n) is 2.79. The Morgan fingerprint density at radius 1 is 1.38 bits per heavy atom. The standard InChI is InChI=1S/C17H23N3S/c1-3-8-18-10-15-11-20(19-13(15)2)12-16-9-14-6-4-5-7-17(14)21-16/h4-7,11,16,18H,3,8-10,12H2,1-2H3. The molecule has 0 spiro atoms. The minimum atomic E-state index is 0.609. The summed E-state index contributed by atoms with van der Waals surface area (Å²) in [6, 6.07) is 8.74. The van der Waals surface area contributed by atoms with Crippen molar-refractivity contribution in [2.45, 2.75) is 49.9 Å². The first-order valence-corrected chi connectivity index (χ1v) is 8.62. The molecular weight excluding hydrogens is 278 g/mol. The summed E-state index contributed by atoms with van der Waals surface area (Å²) in [6.07, 6.45) is 4.54. The first-order chi connectivity index (χ1) is 10.3. The molecule has 0 fully saturated rings. The van der Waals surface area contributed by atoms with Crippen molar-refractivity contribution in [3.63, 3.8) is 0 Å². The summed E-state index contributed by atoms with van der Waals surface area (Å²) in [5.41, 5.74) is 3.96. The summed E-state index contributed by atoms with van der Waals surface area (Å²) in [5, 5.41) is 8.74. The minimum Gasteiger partial charge on any atom is -0.313 e. The van der Waals surface area contributed by atoms with Gasteiger partial charge in [-0.15, -0.1) is 11.8 Å². The van der Waals surface area contributed by atoms with E-state index in [1.165, 1.54) is 22.4 Å². The number of rotatable bonds is 6. The third-order valence-electron chi connectivity index (χ3n) is 3.89. The van der Waals surface area contributed by atoms with E-state index in [4.69, 9.17) is 0 Å². The molecule has 2 aromatic rings. The van der Waals surface area contributed by atoms with Gasteiger partial charge in [0.1, 0.15) is 0 Å². The van der Waals surface area contributed by atoms with Crippen LogP contribution in [0.3, 0.4) is 0 Å². The molecule has 1 aliphatic heterocycles. The first-order valence-electron chi connectivity index (χ1n) is 7.74. The Balaban J connectivity index is 1.60. The highest BCUT2D eigenvalue weighted by atomic mass is 32.2. The van der Waals surface area contributed by atoms with Gasteiger partial charge in [0.2, 0.25) is 0 Å². The molecule has 1 atom stereocenters. The van der Waals surface area contributed by atoms with Gasteiger partial charge in [-0.2, -0.15) is 5.10 Å². The highest BCUT2D eigenvalue weighted by molar-refractivity contribution is 8.00. The van der Waals surface area contributed by atoms with E-state index in [1.807, 2.05) is 11.8 Å². The first kappa shape index (κ1) is 14.7. The Morgan fingerprint density at radius 3 is 3.05 bits per heavy atom. The van der Waals surface area contributed by atoms with Gasteiger partial charge in [-0.1, -0.05) is 25.1 Å². The number of hydrogen-bond donors (Lipinski definition) is 1. The maximum absolute atomic E-state index is 4.68. The molecule has 1 unspecified atom stereocenters. The second-order valence-corrected chi connectivity index (χ2v) is 7.03. The minimum absolute atomic E-state index is 0.609. The van der Waals surface area contributed by atoms with Crippen LogP contribution >= 0.6 is 11.8 Å². The molecular formula is C17H23N3S. The molecule has 1 aliphatic rings. The quantitative estimate of drug-likeness (QED) is 0.829. The van der Waals surface area contributed by atoms with Crippen molar-refractivity contribution in [1.82, 2.24) is 15.1 Å². The zero-order valence-electron chi connectivity index (χ0n) is 12.8. The number of thioether (sulfide) groups is 1. The monoisotopic (exact) mass is 301 g/mol. The van der Waals surface area contributed by atoms with E-state index >= 15 is 0 Å². The molecule has 0 aliphatic carbocycles. The molecule has 2 heterocycles. The molecule has 3 rings (SSSR count). The molecule has 0 saturated heterocycles. The Kier molecular flexibility index (Phi) is 4.66. The average Bonchev–Trinajstić information content (AvgIpc) is 3.02. The lowest BCUT2D eigenvalue weighted by Gasteiger charge is -2.08. The molecule has 0 saturated carbocycles. The molecule has 21 heavy (non-hydrogen) atoms. The van der Waals surface area contributed by atoms with Crippen LogP contribution in [0.4, 0.5) is 0 Å². The van der Waals surface area contributed by atoms with E-state index in [-0.39, 0.29) is 0 Å². The number of hydrogen-bond acceptors (Lipinski definition) is 3. The lowest BCUT2D eigenvalue weighted by Crippen LogP contribution is -2.14. The number of nitrogens with one attached hydrogen (secondary N) is 1. The van der Waals surface area contributed by atoms with Gasteiger partial charge in [-0.05, 0) is 37.9 Å². The van der Waals surface area contributed by atoms with E-state index in [2.05, 4.69) is 59.4 Å². The number of nitrogens with zero attached hydrogens (tertiary/aromatic N) is 2. The second kappa shape index (κ2) is 6.67.